The van der Waals surface area contributed by atoms with Gasteiger partial charge in [0.15, 0.2) is 11.5 Å². The molecule has 0 saturated carbocycles. The van der Waals surface area contributed by atoms with Gasteiger partial charge >= 0.3 is 0 Å². The van der Waals surface area contributed by atoms with Crippen molar-refractivity contribution in [3.63, 3.8) is 0 Å². The summed E-state index contributed by atoms with van der Waals surface area (Å²) < 4.78 is 16.4. The van der Waals surface area contributed by atoms with Crippen LogP contribution in [0.2, 0.25) is 0 Å². The normalized spacial score (nSPS) is 22.0. The molecule has 8 nitrogen and oxygen atoms in total. The van der Waals surface area contributed by atoms with E-state index in [-0.39, 0.29) is 11.8 Å². The van der Waals surface area contributed by atoms with Crippen molar-refractivity contribution in [3.05, 3.63) is 17.7 Å². The van der Waals surface area contributed by atoms with E-state index in [2.05, 4.69) is 15.5 Å². The molecule has 28 heavy (non-hydrogen) atoms. The lowest BCUT2D eigenvalue weighted by atomic mass is 9.93. The van der Waals surface area contributed by atoms with Crippen LogP contribution in [0.1, 0.15) is 23.2 Å². The summed E-state index contributed by atoms with van der Waals surface area (Å²) in [6, 6.07) is 3.59. The van der Waals surface area contributed by atoms with Crippen molar-refractivity contribution in [2.24, 2.45) is 5.92 Å². The first-order chi connectivity index (χ1) is 13.6. The summed E-state index contributed by atoms with van der Waals surface area (Å²) in [4.78, 5) is 15.0. The van der Waals surface area contributed by atoms with Gasteiger partial charge in [0, 0.05) is 58.1 Å². The number of anilines is 1. The van der Waals surface area contributed by atoms with Gasteiger partial charge in [-0.1, -0.05) is 0 Å². The van der Waals surface area contributed by atoms with Crippen LogP contribution in [0.15, 0.2) is 12.1 Å². The van der Waals surface area contributed by atoms with E-state index in [4.69, 9.17) is 14.2 Å². The van der Waals surface area contributed by atoms with Crippen LogP contribution in [0.4, 0.5) is 5.69 Å². The lowest BCUT2D eigenvalue weighted by Gasteiger charge is -2.36. The predicted octanol–water partition coefficient (Wildman–Crippen LogP) is 0.949. The Morgan fingerprint density at radius 2 is 2.18 bits per heavy atom. The molecule has 0 aliphatic carbocycles. The van der Waals surface area contributed by atoms with Crippen molar-refractivity contribution in [3.8, 4) is 11.5 Å². The van der Waals surface area contributed by atoms with E-state index in [0.717, 1.165) is 38.2 Å². The Morgan fingerprint density at radius 3 is 2.93 bits per heavy atom. The van der Waals surface area contributed by atoms with Crippen molar-refractivity contribution in [2.45, 2.75) is 18.9 Å². The number of fused-ring (bicyclic) bond motifs is 1. The Hall–Kier alpha value is -2.03. The first-order valence-corrected chi connectivity index (χ1v) is 9.91. The second kappa shape index (κ2) is 9.95. The third-order valence-electron chi connectivity index (χ3n) is 5.33. The smallest absolute Gasteiger partial charge is 0.255 e. The lowest BCUT2D eigenvalue weighted by molar-refractivity contribution is 0.0192. The maximum Gasteiger partial charge on any atom is 0.255 e. The second-order valence-corrected chi connectivity index (χ2v) is 7.27. The van der Waals surface area contributed by atoms with E-state index in [0.29, 0.717) is 43.4 Å². The van der Waals surface area contributed by atoms with Gasteiger partial charge in [0.1, 0.15) is 13.2 Å². The van der Waals surface area contributed by atoms with Crippen LogP contribution in [0.25, 0.3) is 0 Å². The Balaban J connectivity index is 1.56. The third-order valence-corrected chi connectivity index (χ3v) is 5.33. The standard InChI is InChI=1S/C20H31N3O5/c1-21-15-10-16(19-18(11-15)27-8-9-28-19)20(25)22-12-14-4-6-23(13-17(14)24)5-3-7-26-2/h10-11,14,17,21,24H,3-9,12-13H2,1-2H3,(H,22,25)/t14-,17+/m0/s1. The highest BCUT2D eigenvalue weighted by molar-refractivity contribution is 5.99. The molecule has 2 atom stereocenters. The number of aliphatic hydroxyl groups excluding tert-OH is 1. The van der Waals surface area contributed by atoms with Gasteiger partial charge in [-0.15, -0.1) is 0 Å². The maximum absolute atomic E-state index is 12.8. The minimum Gasteiger partial charge on any atom is -0.486 e. The Morgan fingerprint density at radius 1 is 1.36 bits per heavy atom. The Bertz CT molecular complexity index is 669. The zero-order valence-corrected chi connectivity index (χ0v) is 16.7. The monoisotopic (exact) mass is 393 g/mol. The zero-order chi connectivity index (χ0) is 19.9. The van der Waals surface area contributed by atoms with Crippen molar-refractivity contribution >= 4 is 11.6 Å². The quantitative estimate of drug-likeness (QED) is 0.566. The molecule has 0 spiro atoms. The van der Waals surface area contributed by atoms with Crippen molar-refractivity contribution in [1.82, 2.24) is 10.2 Å². The molecular weight excluding hydrogens is 362 g/mol. The molecule has 156 valence electrons. The van der Waals surface area contributed by atoms with Crippen LogP contribution >= 0.6 is 0 Å². The van der Waals surface area contributed by atoms with Crippen molar-refractivity contribution in [2.75, 3.05) is 65.5 Å². The average molecular weight is 393 g/mol. The van der Waals surface area contributed by atoms with E-state index in [1.54, 1.807) is 20.2 Å². The molecular formula is C20H31N3O5. The minimum atomic E-state index is -0.450. The maximum atomic E-state index is 12.8. The number of hydrogen-bond acceptors (Lipinski definition) is 7. The first-order valence-electron chi connectivity index (χ1n) is 9.91. The number of hydrogen-bond donors (Lipinski definition) is 3. The van der Waals surface area contributed by atoms with Gasteiger partial charge < -0.3 is 34.9 Å². The van der Waals surface area contributed by atoms with Crippen LogP contribution in [-0.4, -0.2) is 82.2 Å². The highest BCUT2D eigenvalue weighted by Gasteiger charge is 2.29. The van der Waals surface area contributed by atoms with Crippen LogP contribution < -0.4 is 20.1 Å². The summed E-state index contributed by atoms with van der Waals surface area (Å²) in [6.45, 7) is 4.53. The first kappa shape index (κ1) is 20.7. The van der Waals surface area contributed by atoms with Crippen molar-refractivity contribution in [1.29, 1.82) is 0 Å². The molecule has 1 fully saturated rings. The molecule has 1 aromatic rings. The number of methoxy groups -OCH3 is 1. The second-order valence-electron chi connectivity index (χ2n) is 7.27. The number of nitrogens with one attached hydrogen (secondary N) is 2. The van der Waals surface area contributed by atoms with Gasteiger partial charge in [-0.25, -0.2) is 0 Å². The number of amides is 1. The van der Waals surface area contributed by atoms with E-state index >= 15 is 0 Å². The van der Waals surface area contributed by atoms with Crippen LogP contribution in [-0.2, 0) is 4.74 Å². The molecule has 0 bridgehead atoms. The molecule has 0 unspecified atom stereocenters. The third kappa shape index (κ3) is 5.06. The van der Waals surface area contributed by atoms with Gasteiger partial charge in [0.2, 0.25) is 0 Å². The fraction of sp³-hybridized carbons (Fsp3) is 0.650. The number of aliphatic hydroxyl groups is 1. The van der Waals surface area contributed by atoms with Gasteiger partial charge in [0.25, 0.3) is 5.91 Å². The molecule has 1 saturated heterocycles. The number of carbonyl (C=O) groups excluding carboxylic acids is 1. The largest absolute Gasteiger partial charge is 0.486 e. The molecule has 3 rings (SSSR count). The van der Waals surface area contributed by atoms with E-state index in [1.807, 2.05) is 6.07 Å². The van der Waals surface area contributed by atoms with Crippen LogP contribution in [0.5, 0.6) is 11.5 Å². The summed E-state index contributed by atoms with van der Waals surface area (Å²) in [5.74, 6) is 0.889. The number of rotatable bonds is 8. The Kier molecular flexibility index (Phi) is 7.36. The summed E-state index contributed by atoms with van der Waals surface area (Å²) in [5, 5.41) is 16.5. The number of β-amino-alcohol motifs (C(OH)–C–C–N with tert-alkyl or cyclic N) is 1. The van der Waals surface area contributed by atoms with Crippen LogP contribution in [0, 0.1) is 5.92 Å². The number of benzene rings is 1. The van der Waals surface area contributed by atoms with E-state index < -0.39 is 6.10 Å². The number of likely N-dealkylation sites (tertiary alicyclic amines) is 1. The summed E-state index contributed by atoms with van der Waals surface area (Å²) in [7, 11) is 3.49. The summed E-state index contributed by atoms with van der Waals surface area (Å²) in [6.07, 6.45) is 1.36. The number of nitrogens with zero attached hydrogens (tertiary/aromatic N) is 1. The fourth-order valence-electron chi connectivity index (χ4n) is 3.71. The SMILES string of the molecule is CNc1cc2c(c(C(=O)NC[C@@H]3CCN(CCCOC)C[C@H]3O)c1)OCCO2. The lowest BCUT2D eigenvalue weighted by Crippen LogP contribution is -2.48. The molecule has 0 radical (unpaired) electrons. The summed E-state index contributed by atoms with van der Waals surface area (Å²) >= 11 is 0. The van der Waals surface area contributed by atoms with Crippen LogP contribution in [0.3, 0.4) is 0 Å². The highest BCUT2D eigenvalue weighted by atomic mass is 16.6. The predicted molar refractivity (Wildman–Crippen MR) is 106 cm³/mol. The molecule has 0 aromatic heterocycles. The van der Waals surface area contributed by atoms with E-state index in [1.165, 1.54) is 0 Å². The average Bonchev–Trinajstić information content (AvgIpc) is 2.72. The minimum absolute atomic E-state index is 0.0445. The molecule has 2 heterocycles. The molecule has 3 N–H and O–H groups in total. The number of carbonyl (C=O) groups is 1. The number of piperidine rings is 1. The molecule has 2 aliphatic rings. The molecule has 8 heteroatoms. The fourth-order valence-corrected chi connectivity index (χ4v) is 3.71. The summed E-state index contributed by atoms with van der Waals surface area (Å²) in [5.41, 5.74) is 1.24. The highest BCUT2D eigenvalue weighted by Crippen LogP contribution is 2.37. The Labute approximate surface area is 166 Å². The number of ether oxygens (including phenoxy) is 3. The van der Waals surface area contributed by atoms with E-state index in [9.17, 15) is 9.90 Å². The van der Waals surface area contributed by atoms with Gasteiger partial charge in [-0.3, -0.25) is 4.79 Å². The topological polar surface area (TPSA) is 92.3 Å². The van der Waals surface area contributed by atoms with Gasteiger partial charge in [-0.05, 0) is 25.5 Å². The zero-order valence-electron chi connectivity index (χ0n) is 16.7. The van der Waals surface area contributed by atoms with Gasteiger partial charge in [0.05, 0.1) is 11.7 Å². The van der Waals surface area contributed by atoms with Gasteiger partial charge in [-0.2, -0.15) is 0 Å². The molecule has 1 amide bonds. The molecule has 2 aliphatic heterocycles. The molecule has 1 aromatic carbocycles. The van der Waals surface area contributed by atoms with Crippen molar-refractivity contribution < 1.29 is 24.1 Å².